The summed E-state index contributed by atoms with van der Waals surface area (Å²) in [6.45, 7) is 1.83. The molecular formula is C13H13N3O2S. The minimum atomic E-state index is -0.293. The molecule has 0 saturated carbocycles. The zero-order valence-corrected chi connectivity index (χ0v) is 11.2. The topological polar surface area (TPSA) is 71.1 Å². The molecular weight excluding hydrogens is 262 g/mol. The number of hydrogen-bond donors (Lipinski definition) is 2. The second kappa shape index (κ2) is 6.10. The number of benzene rings is 1. The molecule has 5 nitrogen and oxygen atoms in total. The molecule has 2 amide bonds. The number of anilines is 1. The van der Waals surface area contributed by atoms with E-state index in [9.17, 15) is 9.59 Å². The number of thiazole rings is 1. The Morgan fingerprint density at radius 1 is 1.26 bits per heavy atom. The lowest BCUT2D eigenvalue weighted by atomic mass is 10.2. The van der Waals surface area contributed by atoms with Gasteiger partial charge in [-0.15, -0.1) is 11.3 Å². The van der Waals surface area contributed by atoms with E-state index in [-0.39, 0.29) is 18.4 Å². The van der Waals surface area contributed by atoms with Crippen LogP contribution in [0.25, 0.3) is 0 Å². The summed E-state index contributed by atoms with van der Waals surface area (Å²) in [5, 5.41) is 5.71. The summed E-state index contributed by atoms with van der Waals surface area (Å²) in [7, 11) is 0. The maximum absolute atomic E-state index is 11.7. The Morgan fingerprint density at radius 3 is 2.63 bits per heavy atom. The maximum atomic E-state index is 11.7. The van der Waals surface area contributed by atoms with Gasteiger partial charge in [-0.1, -0.05) is 18.2 Å². The van der Waals surface area contributed by atoms with Gasteiger partial charge in [0.15, 0.2) is 5.13 Å². The van der Waals surface area contributed by atoms with Gasteiger partial charge in [-0.25, -0.2) is 4.98 Å². The van der Waals surface area contributed by atoms with Gasteiger partial charge in [-0.2, -0.15) is 0 Å². The van der Waals surface area contributed by atoms with Gasteiger partial charge in [0, 0.05) is 16.6 Å². The molecule has 0 fully saturated rings. The summed E-state index contributed by atoms with van der Waals surface area (Å²) in [5.74, 6) is -0.565. The van der Waals surface area contributed by atoms with Crippen LogP contribution in [0.5, 0.6) is 0 Å². The van der Waals surface area contributed by atoms with E-state index in [4.69, 9.17) is 0 Å². The molecule has 19 heavy (non-hydrogen) atoms. The SMILES string of the molecule is Cc1cnc(NC(=O)CNC(=O)c2ccccc2)s1. The average Bonchev–Trinajstić information content (AvgIpc) is 2.82. The normalized spacial score (nSPS) is 9.95. The summed E-state index contributed by atoms with van der Waals surface area (Å²) >= 11 is 1.39. The summed E-state index contributed by atoms with van der Waals surface area (Å²) in [6, 6.07) is 8.75. The Bertz CT molecular complexity index is 581. The zero-order chi connectivity index (χ0) is 13.7. The Labute approximate surface area is 114 Å². The number of amides is 2. The van der Waals surface area contributed by atoms with Crippen molar-refractivity contribution in [1.82, 2.24) is 10.3 Å². The third kappa shape index (κ3) is 3.89. The Balaban J connectivity index is 1.82. The molecule has 2 rings (SSSR count). The highest BCUT2D eigenvalue weighted by molar-refractivity contribution is 7.15. The number of hydrogen-bond acceptors (Lipinski definition) is 4. The summed E-state index contributed by atoms with van der Waals surface area (Å²) in [6.07, 6.45) is 1.68. The first-order chi connectivity index (χ1) is 9.15. The molecule has 98 valence electrons. The van der Waals surface area contributed by atoms with E-state index in [0.29, 0.717) is 10.7 Å². The van der Waals surface area contributed by atoms with Crippen LogP contribution in [-0.4, -0.2) is 23.3 Å². The minimum absolute atomic E-state index is 0.0770. The highest BCUT2D eigenvalue weighted by Gasteiger charge is 2.08. The third-order valence-corrected chi connectivity index (χ3v) is 3.14. The van der Waals surface area contributed by atoms with Crippen LogP contribution < -0.4 is 10.6 Å². The van der Waals surface area contributed by atoms with Crippen molar-refractivity contribution in [1.29, 1.82) is 0 Å². The highest BCUT2D eigenvalue weighted by Crippen LogP contribution is 2.15. The molecule has 0 atom stereocenters. The van der Waals surface area contributed by atoms with Crippen LogP contribution in [0.15, 0.2) is 36.5 Å². The van der Waals surface area contributed by atoms with Crippen LogP contribution in [0.3, 0.4) is 0 Å². The van der Waals surface area contributed by atoms with Crippen molar-refractivity contribution in [2.24, 2.45) is 0 Å². The van der Waals surface area contributed by atoms with Crippen LogP contribution in [0.4, 0.5) is 5.13 Å². The molecule has 1 heterocycles. The lowest BCUT2D eigenvalue weighted by molar-refractivity contribution is -0.115. The number of aromatic nitrogens is 1. The van der Waals surface area contributed by atoms with Crippen molar-refractivity contribution in [3.05, 3.63) is 47.0 Å². The Hall–Kier alpha value is -2.21. The smallest absolute Gasteiger partial charge is 0.251 e. The lowest BCUT2D eigenvalue weighted by Crippen LogP contribution is -2.32. The lowest BCUT2D eigenvalue weighted by Gasteiger charge is -2.04. The van der Waals surface area contributed by atoms with E-state index in [2.05, 4.69) is 15.6 Å². The van der Waals surface area contributed by atoms with Gasteiger partial charge in [0.05, 0.1) is 6.54 Å². The Morgan fingerprint density at radius 2 is 2.00 bits per heavy atom. The van der Waals surface area contributed by atoms with Crippen LogP contribution in [-0.2, 0) is 4.79 Å². The number of carbonyl (C=O) groups is 2. The Kier molecular flexibility index (Phi) is 4.25. The number of nitrogens with zero attached hydrogens (tertiary/aromatic N) is 1. The molecule has 0 unspecified atom stereocenters. The van der Waals surface area contributed by atoms with Crippen molar-refractivity contribution in [2.75, 3.05) is 11.9 Å². The van der Waals surface area contributed by atoms with Gasteiger partial charge >= 0.3 is 0 Å². The van der Waals surface area contributed by atoms with Crippen LogP contribution in [0.1, 0.15) is 15.2 Å². The molecule has 6 heteroatoms. The monoisotopic (exact) mass is 275 g/mol. The van der Waals surface area contributed by atoms with E-state index in [1.165, 1.54) is 11.3 Å². The fourth-order valence-electron chi connectivity index (χ4n) is 1.43. The molecule has 0 radical (unpaired) electrons. The van der Waals surface area contributed by atoms with Crippen LogP contribution >= 0.6 is 11.3 Å². The van der Waals surface area contributed by atoms with E-state index >= 15 is 0 Å². The molecule has 2 N–H and O–H groups in total. The number of nitrogens with one attached hydrogen (secondary N) is 2. The average molecular weight is 275 g/mol. The zero-order valence-electron chi connectivity index (χ0n) is 10.3. The van der Waals surface area contributed by atoms with Crippen LogP contribution in [0.2, 0.25) is 0 Å². The third-order valence-electron chi connectivity index (χ3n) is 2.31. The molecule has 0 aliphatic heterocycles. The van der Waals surface area contributed by atoms with Gasteiger partial charge in [0.1, 0.15) is 0 Å². The summed E-state index contributed by atoms with van der Waals surface area (Å²) in [5.41, 5.74) is 0.528. The predicted octanol–water partition coefficient (Wildman–Crippen LogP) is 1.82. The molecule has 1 aromatic heterocycles. The molecule has 0 aliphatic rings. The van der Waals surface area contributed by atoms with E-state index in [1.807, 2.05) is 13.0 Å². The largest absolute Gasteiger partial charge is 0.343 e. The van der Waals surface area contributed by atoms with Crippen molar-refractivity contribution >= 4 is 28.3 Å². The van der Waals surface area contributed by atoms with Gasteiger partial charge in [-0.3, -0.25) is 9.59 Å². The highest BCUT2D eigenvalue weighted by atomic mass is 32.1. The van der Waals surface area contributed by atoms with Gasteiger partial charge in [-0.05, 0) is 19.1 Å². The maximum Gasteiger partial charge on any atom is 0.251 e. The van der Waals surface area contributed by atoms with Gasteiger partial charge < -0.3 is 10.6 Å². The van der Waals surface area contributed by atoms with E-state index < -0.39 is 0 Å². The molecule has 0 bridgehead atoms. The van der Waals surface area contributed by atoms with Crippen molar-refractivity contribution in [3.63, 3.8) is 0 Å². The number of rotatable bonds is 4. The summed E-state index contributed by atoms with van der Waals surface area (Å²) in [4.78, 5) is 28.3. The van der Waals surface area contributed by atoms with E-state index in [0.717, 1.165) is 4.88 Å². The fraction of sp³-hybridized carbons (Fsp3) is 0.154. The number of carbonyl (C=O) groups excluding carboxylic acids is 2. The van der Waals surface area contributed by atoms with Gasteiger partial charge in [0.25, 0.3) is 5.91 Å². The van der Waals surface area contributed by atoms with Crippen molar-refractivity contribution in [2.45, 2.75) is 6.92 Å². The van der Waals surface area contributed by atoms with E-state index in [1.54, 1.807) is 30.5 Å². The minimum Gasteiger partial charge on any atom is -0.343 e. The molecule has 2 aromatic rings. The molecule has 0 saturated heterocycles. The molecule has 0 spiro atoms. The second-order valence-electron chi connectivity index (χ2n) is 3.87. The fourth-order valence-corrected chi connectivity index (χ4v) is 2.11. The second-order valence-corrected chi connectivity index (χ2v) is 5.11. The first-order valence-corrected chi connectivity index (χ1v) is 6.52. The van der Waals surface area contributed by atoms with Crippen molar-refractivity contribution < 1.29 is 9.59 Å². The van der Waals surface area contributed by atoms with Gasteiger partial charge in [0.2, 0.25) is 5.91 Å². The van der Waals surface area contributed by atoms with Crippen molar-refractivity contribution in [3.8, 4) is 0 Å². The molecule has 1 aromatic carbocycles. The van der Waals surface area contributed by atoms with Crippen LogP contribution in [0, 0.1) is 6.92 Å². The summed E-state index contributed by atoms with van der Waals surface area (Å²) < 4.78 is 0. The predicted molar refractivity (Wildman–Crippen MR) is 74.3 cm³/mol. The number of aryl methyl sites for hydroxylation is 1. The first-order valence-electron chi connectivity index (χ1n) is 5.70. The standard InChI is InChI=1S/C13H13N3O2S/c1-9-7-15-13(19-9)16-11(17)8-14-12(18)10-5-3-2-4-6-10/h2-7H,8H2,1H3,(H,14,18)(H,15,16,17). The first kappa shape index (κ1) is 13.2. The molecule has 0 aliphatic carbocycles. The quantitative estimate of drug-likeness (QED) is 0.894.